The van der Waals surface area contributed by atoms with Crippen molar-refractivity contribution in [3.05, 3.63) is 0 Å². The number of hydrogen-bond donors (Lipinski definition) is 3. The van der Waals surface area contributed by atoms with E-state index in [-0.39, 0.29) is 0 Å². The van der Waals surface area contributed by atoms with Gasteiger partial charge in [0.25, 0.3) is 0 Å². The summed E-state index contributed by atoms with van der Waals surface area (Å²) in [5, 5.41) is 25.3. The van der Waals surface area contributed by atoms with Crippen LogP contribution in [0.25, 0.3) is 0 Å². The molecule has 0 bridgehead atoms. The van der Waals surface area contributed by atoms with E-state index >= 15 is 0 Å². The van der Waals surface area contributed by atoms with E-state index in [1.165, 1.54) is 96.3 Å². The summed E-state index contributed by atoms with van der Waals surface area (Å²) in [6.45, 7) is 7.74. The van der Waals surface area contributed by atoms with E-state index in [0.29, 0.717) is 19.8 Å². The van der Waals surface area contributed by atoms with Gasteiger partial charge in [-0.05, 0) is 19.3 Å². The average molecular weight is 458 g/mol. The topological polar surface area (TPSA) is 77.8 Å². The second-order valence-corrected chi connectivity index (χ2v) is 7.47. The molecule has 0 unspecified atom stereocenters. The number of hydrogen-bond acceptors (Lipinski definition) is 4. The summed E-state index contributed by atoms with van der Waals surface area (Å²) >= 11 is 1.06. The molecule has 0 aromatic rings. The first-order chi connectivity index (χ1) is 14.2. The fourth-order valence-electron chi connectivity index (χ4n) is 2.68. The monoisotopic (exact) mass is 457 g/mol. The third-order valence-corrected chi connectivity index (χ3v) is 4.54. The molecule has 5 heteroatoms. The molecule has 29 heavy (non-hydrogen) atoms. The second kappa shape index (κ2) is 46.5. The van der Waals surface area contributed by atoms with Gasteiger partial charge in [-0.3, -0.25) is 0 Å². The van der Waals surface area contributed by atoms with Crippen LogP contribution in [-0.4, -0.2) is 35.1 Å². The molecule has 0 amide bonds. The van der Waals surface area contributed by atoms with Gasteiger partial charge >= 0.3 is 21.0 Å². The first kappa shape index (κ1) is 36.6. The Balaban J connectivity index is -0.000000155. The van der Waals surface area contributed by atoms with E-state index in [1.807, 2.05) is 0 Å². The predicted octanol–water partition coefficient (Wildman–Crippen LogP) is 6.90. The minimum atomic E-state index is 0.367. The van der Waals surface area contributed by atoms with Crippen molar-refractivity contribution in [1.29, 1.82) is 0 Å². The van der Waals surface area contributed by atoms with Crippen LogP contribution >= 0.6 is 0 Å². The molecule has 0 radical (unpaired) electrons. The van der Waals surface area contributed by atoms with Gasteiger partial charge in [0.2, 0.25) is 0 Å². The van der Waals surface area contributed by atoms with Gasteiger partial charge in [0.05, 0.1) is 0 Å². The van der Waals surface area contributed by atoms with E-state index in [9.17, 15) is 0 Å². The SMILES string of the molecule is CCCCCCCCO.CCCCCCCCO.CCCCCCCCO.[O]=[V]. The summed E-state index contributed by atoms with van der Waals surface area (Å²) in [5.41, 5.74) is 0. The van der Waals surface area contributed by atoms with E-state index in [2.05, 4.69) is 20.8 Å². The van der Waals surface area contributed by atoms with Crippen molar-refractivity contribution >= 4 is 0 Å². The molecular formula is C24H54O4V. The van der Waals surface area contributed by atoms with Gasteiger partial charge < -0.3 is 15.3 Å². The van der Waals surface area contributed by atoms with Crippen molar-refractivity contribution in [3.63, 3.8) is 0 Å². The van der Waals surface area contributed by atoms with E-state index in [1.54, 1.807) is 0 Å². The summed E-state index contributed by atoms with van der Waals surface area (Å²) in [6.07, 6.45) is 22.5. The fourth-order valence-corrected chi connectivity index (χ4v) is 2.68. The van der Waals surface area contributed by atoms with Gasteiger partial charge in [0.1, 0.15) is 0 Å². The Morgan fingerprint density at radius 3 is 0.724 bits per heavy atom. The number of aliphatic hydroxyl groups is 3. The Morgan fingerprint density at radius 1 is 0.379 bits per heavy atom. The Kier molecular flexibility index (Phi) is 58.7. The Bertz CT molecular complexity index is 168. The van der Waals surface area contributed by atoms with Crippen molar-refractivity contribution in [2.75, 3.05) is 19.8 Å². The molecular weight excluding hydrogens is 403 g/mol. The third-order valence-electron chi connectivity index (χ3n) is 4.54. The molecule has 0 fully saturated rings. The van der Waals surface area contributed by atoms with Gasteiger partial charge in [0, 0.05) is 19.8 Å². The molecule has 0 heterocycles. The van der Waals surface area contributed by atoms with Crippen LogP contribution in [0.15, 0.2) is 0 Å². The molecule has 0 atom stereocenters. The van der Waals surface area contributed by atoms with Crippen LogP contribution in [0.5, 0.6) is 0 Å². The molecule has 0 saturated heterocycles. The van der Waals surface area contributed by atoms with Crippen molar-refractivity contribution in [2.45, 2.75) is 136 Å². The quantitative estimate of drug-likeness (QED) is 0.196. The summed E-state index contributed by atoms with van der Waals surface area (Å²) in [6, 6.07) is 0. The Hall–Kier alpha value is 0.264. The third kappa shape index (κ3) is 58.4. The first-order valence-corrected chi connectivity index (χ1v) is 12.8. The molecule has 0 rings (SSSR count). The van der Waals surface area contributed by atoms with Crippen LogP contribution in [-0.2, 0) is 21.0 Å². The molecule has 3 N–H and O–H groups in total. The number of aliphatic hydroxyl groups excluding tert-OH is 3. The number of rotatable bonds is 18. The molecule has 0 saturated carbocycles. The van der Waals surface area contributed by atoms with Crippen molar-refractivity contribution in [2.24, 2.45) is 0 Å². The second-order valence-electron chi connectivity index (χ2n) is 7.47. The summed E-state index contributed by atoms with van der Waals surface area (Å²) in [7, 11) is 0. The van der Waals surface area contributed by atoms with Gasteiger partial charge in [0.15, 0.2) is 0 Å². The van der Waals surface area contributed by atoms with E-state index < -0.39 is 0 Å². The maximum atomic E-state index is 8.42. The molecule has 179 valence electrons. The molecule has 0 aliphatic heterocycles. The molecule has 4 nitrogen and oxygen atoms in total. The van der Waals surface area contributed by atoms with Gasteiger partial charge in [-0.25, -0.2) is 0 Å². The summed E-state index contributed by atoms with van der Waals surface area (Å²) in [5.74, 6) is 0. The maximum absolute atomic E-state index is 8.42. The standard InChI is InChI=1S/3C8H18O.O.V/c3*1-2-3-4-5-6-7-8-9;;/h3*9H,2-8H2,1H3;;. The van der Waals surface area contributed by atoms with Gasteiger partial charge in [-0.1, -0.05) is 117 Å². The molecule has 0 aliphatic carbocycles. The minimum absolute atomic E-state index is 0.367. The van der Waals surface area contributed by atoms with Crippen LogP contribution in [0.3, 0.4) is 0 Å². The van der Waals surface area contributed by atoms with Crippen LogP contribution in [0.4, 0.5) is 0 Å². The molecule has 0 aromatic carbocycles. The zero-order valence-corrected chi connectivity index (χ0v) is 21.4. The normalized spacial score (nSPS) is 9.41. The predicted molar refractivity (Wildman–Crippen MR) is 122 cm³/mol. The van der Waals surface area contributed by atoms with Crippen LogP contribution < -0.4 is 0 Å². The van der Waals surface area contributed by atoms with E-state index in [0.717, 1.165) is 36.6 Å². The fraction of sp³-hybridized carbons (Fsp3) is 1.00. The first-order valence-electron chi connectivity index (χ1n) is 12.3. The Labute approximate surface area is 192 Å². The molecule has 0 aliphatic rings. The zero-order chi connectivity index (χ0) is 22.8. The summed E-state index contributed by atoms with van der Waals surface area (Å²) in [4.78, 5) is 0. The average Bonchev–Trinajstić information content (AvgIpc) is 2.76. The molecule has 0 aromatic heterocycles. The summed E-state index contributed by atoms with van der Waals surface area (Å²) < 4.78 is 8.19. The van der Waals surface area contributed by atoms with E-state index in [4.69, 9.17) is 19.0 Å². The zero-order valence-electron chi connectivity index (χ0n) is 20.0. The van der Waals surface area contributed by atoms with Crippen LogP contribution in [0.2, 0.25) is 0 Å². The number of unbranched alkanes of at least 4 members (excludes halogenated alkanes) is 15. The Morgan fingerprint density at radius 2 is 0.552 bits per heavy atom. The van der Waals surface area contributed by atoms with Gasteiger partial charge in [-0.2, -0.15) is 0 Å². The van der Waals surface area contributed by atoms with Crippen LogP contribution in [0.1, 0.15) is 136 Å². The van der Waals surface area contributed by atoms with Crippen molar-refractivity contribution in [1.82, 2.24) is 0 Å². The van der Waals surface area contributed by atoms with Gasteiger partial charge in [-0.15, -0.1) is 0 Å². The van der Waals surface area contributed by atoms with Crippen LogP contribution in [0, 0.1) is 0 Å². The molecule has 0 spiro atoms. The van der Waals surface area contributed by atoms with Crippen molar-refractivity contribution in [3.8, 4) is 0 Å². The van der Waals surface area contributed by atoms with Crippen molar-refractivity contribution < 1.29 is 36.4 Å².